The van der Waals surface area contributed by atoms with Gasteiger partial charge < -0.3 is 48.2 Å². The van der Waals surface area contributed by atoms with Crippen molar-refractivity contribution in [3.05, 3.63) is 227 Å². The van der Waals surface area contributed by atoms with E-state index in [1.54, 1.807) is 35.9 Å². The maximum absolute atomic E-state index is 15.0. The molecule has 0 bridgehead atoms. The first-order valence-electron chi connectivity index (χ1n) is 36.0. The van der Waals surface area contributed by atoms with Gasteiger partial charge in [-0.3, -0.25) is 9.13 Å². The molecular formula is C74H83Cl5F4N16O10P2. The highest BCUT2D eigenvalue weighted by Gasteiger charge is 2.46. The first-order chi connectivity index (χ1) is 53.1. The molecular weight excluding hydrogens is 1590 g/mol. The predicted octanol–water partition coefficient (Wildman–Crippen LogP) is 14.6. The Hall–Kier alpha value is -8.25. The number of benzene rings is 6. The van der Waals surface area contributed by atoms with Crippen molar-refractivity contribution in [3.63, 3.8) is 0 Å². The van der Waals surface area contributed by atoms with Crippen molar-refractivity contribution < 1.29 is 55.3 Å². The molecule has 0 saturated carbocycles. The molecule has 111 heavy (non-hydrogen) atoms. The Balaban J connectivity index is 0.000000195. The van der Waals surface area contributed by atoms with Gasteiger partial charge in [0.15, 0.2) is 0 Å². The van der Waals surface area contributed by atoms with Gasteiger partial charge in [0.25, 0.3) is 0 Å². The number of halogens is 9. The van der Waals surface area contributed by atoms with Gasteiger partial charge in [0, 0.05) is 110 Å². The zero-order valence-electron chi connectivity index (χ0n) is 60.9. The lowest BCUT2D eigenvalue weighted by molar-refractivity contribution is -0.0209. The monoisotopic (exact) mass is 1670 g/mol. The molecule has 6 aromatic carbocycles. The first-order valence-corrected chi connectivity index (χ1v) is 43.9. The zero-order valence-corrected chi connectivity index (χ0v) is 66.5. The number of hydrogen-bond acceptors (Lipinski definition) is 20. The van der Waals surface area contributed by atoms with Crippen LogP contribution in [0.3, 0.4) is 0 Å². The van der Waals surface area contributed by atoms with E-state index in [4.69, 9.17) is 46.0 Å². The van der Waals surface area contributed by atoms with Crippen molar-refractivity contribution in [2.75, 3.05) is 98.4 Å². The third-order valence-corrected chi connectivity index (χ3v) is 21.3. The molecule has 1 N–H and O–H groups in total. The third-order valence-electron chi connectivity index (χ3n) is 20.2. The molecule has 8 heterocycles. The van der Waals surface area contributed by atoms with Gasteiger partial charge in [-0.05, 0) is 205 Å². The molecule has 8 atom stereocenters. The van der Waals surface area contributed by atoms with Crippen molar-refractivity contribution in [2.24, 2.45) is 11.8 Å². The van der Waals surface area contributed by atoms with Crippen LogP contribution in [-0.4, -0.2) is 154 Å². The molecule has 592 valence electrons. The number of aliphatic hydroxyl groups is 1. The summed E-state index contributed by atoms with van der Waals surface area (Å²) < 4.78 is 118. The van der Waals surface area contributed by atoms with Crippen LogP contribution in [0.5, 0.6) is 11.5 Å². The van der Waals surface area contributed by atoms with Crippen molar-refractivity contribution >= 4 is 90.2 Å². The van der Waals surface area contributed by atoms with E-state index < -0.39 is 64.0 Å². The van der Waals surface area contributed by atoms with Crippen LogP contribution in [0.15, 0.2) is 181 Å². The van der Waals surface area contributed by atoms with E-state index in [1.807, 2.05) is 98.8 Å². The molecule has 26 nitrogen and oxygen atoms in total. The van der Waals surface area contributed by atoms with E-state index in [2.05, 4.69) is 95.8 Å². The van der Waals surface area contributed by atoms with Gasteiger partial charge in [-0.2, -0.15) is 20.4 Å². The molecule has 0 amide bonds. The van der Waals surface area contributed by atoms with E-state index in [0.717, 1.165) is 104 Å². The summed E-state index contributed by atoms with van der Waals surface area (Å²) in [7, 11) is 0. The highest BCUT2D eigenvalue weighted by atomic mass is 36.0. The van der Waals surface area contributed by atoms with Gasteiger partial charge in [0.05, 0.1) is 75.2 Å². The Labute approximate surface area is 661 Å². The summed E-state index contributed by atoms with van der Waals surface area (Å²) >= 11 is 25.1. The quantitative estimate of drug-likeness (QED) is 0.0390. The van der Waals surface area contributed by atoms with Crippen LogP contribution in [0.25, 0.3) is 11.4 Å². The second kappa shape index (κ2) is 36.3. The Kier molecular flexibility index (Phi) is 26.9. The topological polar surface area (TPSA) is 255 Å². The van der Waals surface area contributed by atoms with E-state index in [9.17, 15) is 41.4 Å². The Morgan fingerprint density at radius 1 is 0.505 bits per heavy atom. The van der Waals surface area contributed by atoms with Crippen molar-refractivity contribution in [3.8, 4) is 22.9 Å². The molecule has 14 rings (SSSR count). The standard InChI is InChI=1S/C37H41Cl2F2N8O5P.C37H42F2N8O4.Cl3OP/c1-3-35(26(2)54-55(38,39)51)49-36(50)48(25-44-49)31-7-5-29(6-8-31)45-14-16-46(17-15-45)30-9-11-32(12-10-30)52-20-27-19-37(53-21-27,22-47-24-42-23-43-47)33-13-4-28(40)18-34(33)41;1-3-35(26(2)48)47-36(49)46(25-42-47)31-7-5-29(6-8-31)43-14-16-44(17-15-43)30-9-11-32(12-10-30)50-20-27-19-37(51-21-27,22-45-24-40-23-41-45)33-13-4-28(38)18-34(33)39;1-5(2,3)4/h4-13,18,23-27,35H,3,14-17,19-22H2,1-2H3;4-13,18,23-27,35,48H,3,14-17,19-22H2,1-2H3;/t2*26-,27+,35-,37-;/m00./s1. The van der Waals surface area contributed by atoms with Crippen molar-refractivity contribution in [2.45, 2.75) is 102 Å². The highest BCUT2D eigenvalue weighted by molar-refractivity contribution is 8.24. The van der Waals surface area contributed by atoms with Gasteiger partial charge in [0.1, 0.15) is 83.9 Å². The van der Waals surface area contributed by atoms with Crippen LogP contribution < -0.4 is 40.5 Å². The van der Waals surface area contributed by atoms with Crippen LogP contribution >= 0.6 is 67.5 Å². The fourth-order valence-electron chi connectivity index (χ4n) is 14.7. The molecule has 0 unspecified atom stereocenters. The maximum Gasteiger partial charge on any atom is 0.380 e. The summed E-state index contributed by atoms with van der Waals surface area (Å²) in [5.74, 6) is -1.17. The number of piperazine rings is 2. The normalized spacial score (nSPS) is 19.9. The van der Waals surface area contributed by atoms with E-state index >= 15 is 0 Å². The third kappa shape index (κ3) is 20.8. The zero-order chi connectivity index (χ0) is 78.8. The molecule has 37 heteroatoms. The molecule has 4 saturated heterocycles. The minimum atomic E-state index is -3.79. The summed E-state index contributed by atoms with van der Waals surface area (Å²) in [5, 5.41) is 23.7. The summed E-state index contributed by atoms with van der Waals surface area (Å²) in [4.78, 5) is 43.6. The number of hydrogen-bond donors (Lipinski definition) is 1. The number of aliphatic hydroxyl groups excluding tert-OH is 1. The number of aromatic nitrogens is 12. The average molecular weight is 1670 g/mol. The second-order valence-corrected chi connectivity index (χ2v) is 38.4. The molecule has 10 aromatic rings. The van der Waals surface area contributed by atoms with E-state index in [1.165, 1.54) is 68.1 Å². The summed E-state index contributed by atoms with van der Waals surface area (Å²) in [6, 6.07) is 38.0. The SMILES string of the molecule is CC[C@@H]([C@H](C)O)n1ncn(-c2ccc(N3CCN(c4ccc(OC[C@@H]5CO[C@@](Cn6cncn6)(c6ccc(F)cc6F)C5)cc4)CC3)cc2)c1=O.CC[C@@H]([C@H](C)OP(=O)(Cl)Cl)n1ncn(-c2ccc(N3CCN(c4ccc(OC[C@@H]5CO[C@@](Cn6cncn6)(c6ccc(F)cc6F)C5)cc4)CC3)cc2)c1=O.O=P(Cl)(Cl)Cl. The van der Waals surface area contributed by atoms with Gasteiger partial charge in [-0.25, -0.2) is 65.0 Å². The lowest BCUT2D eigenvalue weighted by Gasteiger charge is -2.37. The van der Waals surface area contributed by atoms with Crippen LogP contribution in [0.4, 0.5) is 40.3 Å². The van der Waals surface area contributed by atoms with Crippen LogP contribution in [0, 0.1) is 35.1 Å². The predicted molar refractivity (Wildman–Crippen MR) is 418 cm³/mol. The largest absolute Gasteiger partial charge is 0.493 e. The Morgan fingerprint density at radius 2 is 0.847 bits per heavy atom. The Bertz CT molecular complexity index is 4910. The van der Waals surface area contributed by atoms with Gasteiger partial charge in [-0.1, -0.05) is 26.0 Å². The van der Waals surface area contributed by atoms with E-state index in [-0.39, 0.29) is 47.9 Å². The molecule has 0 aliphatic carbocycles. The smallest absolute Gasteiger partial charge is 0.380 e. The summed E-state index contributed by atoms with van der Waals surface area (Å²) in [6.45, 7) is 15.7. The van der Waals surface area contributed by atoms with Gasteiger partial charge in [-0.15, -0.1) is 0 Å². The molecule has 4 fully saturated rings. The lowest BCUT2D eigenvalue weighted by atomic mass is 9.87. The fourth-order valence-corrected chi connectivity index (χ4v) is 16.0. The summed E-state index contributed by atoms with van der Waals surface area (Å²) in [5.41, 5.74) is 3.63. The molecule has 4 aromatic heterocycles. The van der Waals surface area contributed by atoms with Gasteiger partial charge >= 0.3 is 22.7 Å². The number of ether oxygens (including phenoxy) is 4. The lowest BCUT2D eigenvalue weighted by Crippen LogP contribution is -2.46. The highest BCUT2D eigenvalue weighted by Crippen LogP contribution is 2.61. The van der Waals surface area contributed by atoms with E-state index in [0.29, 0.717) is 63.4 Å². The van der Waals surface area contributed by atoms with Gasteiger partial charge in [0.2, 0.25) is 0 Å². The fraction of sp³-hybridized carbons (Fsp3) is 0.405. The maximum atomic E-state index is 15.0. The minimum absolute atomic E-state index is 0.0121. The van der Waals surface area contributed by atoms with Crippen LogP contribution in [0.2, 0.25) is 0 Å². The summed E-state index contributed by atoms with van der Waals surface area (Å²) in [6.07, 6.45) is 5.78. The number of rotatable bonds is 26. The molecule has 0 spiro atoms. The van der Waals surface area contributed by atoms with Crippen molar-refractivity contribution in [1.82, 2.24) is 58.2 Å². The van der Waals surface area contributed by atoms with Crippen LogP contribution in [0.1, 0.15) is 76.6 Å². The molecule has 4 aliphatic heterocycles. The molecule has 4 aliphatic rings. The minimum Gasteiger partial charge on any atom is -0.493 e. The number of anilines is 4. The van der Waals surface area contributed by atoms with Crippen LogP contribution in [-0.2, 0) is 47.4 Å². The number of nitrogens with zero attached hydrogens (tertiary/aromatic N) is 16. The van der Waals surface area contributed by atoms with Crippen molar-refractivity contribution in [1.29, 1.82) is 0 Å². The average Bonchev–Trinajstić information content (AvgIpc) is 1.67. The Morgan fingerprint density at radius 3 is 1.16 bits per heavy atom. The molecule has 0 radical (unpaired) electrons. The first kappa shape index (κ1) is 82.2. The second-order valence-electron chi connectivity index (χ2n) is 27.5.